The summed E-state index contributed by atoms with van der Waals surface area (Å²) in [6.45, 7) is 1.13. The smallest absolute Gasteiger partial charge is 0.309 e. The summed E-state index contributed by atoms with van der Waals surface area (Å²) >= 11 is 0. The molecule has 1 heterocycles. The minimum atomic E-state index is -3.50. The van der Waals surface area contributed by atoms with E-state index in [9.17, 15) is 13.2 Å². The van der Waals surface area contributed by atoms with Crippen molar-refractivity contribution in [1.82, 2.24) is 4.31 Å². The van der Waals surface area contributed by atoms with E-state index in [1.165, 1.54) is 15.4 Å². The molecular formula is C24H29NO4S. The van der Waals surface area contributed by atoms with Crippen molar-refractivity contribution in [3.63, 3.8) is 0 Å². The summed E-state index contributed by atoms with van der Waals surface area (Å²) in [5.41, 5.74) is 3.66. The maximum absolute atomic E-state index is 13.0. The van der Waals surface area contributed by atoms with Gasteiger partial charge in [-0.05, 0) is 73.8 Å². The number of fused-ring (bicyclic) bond motifs is 1. The van der Waals surface area contributed by atoms with Gasteiger partial charge < -0.3 is 4.74 Å². The zero-order chi connectivity index (χ0) is 21.0. The molecule has 0 atom stereocenters. The van der Waals surface area contributed by atoms with Gasteiger partial charge in [-0.3, -0.25) is 4.79 Å². The number of rotatable bonds is 7. The van der Waals surface area contributed by atoms with Crippen LogP contribution in [0.5, 0.6) is 0 Å². The molecular weight excluding hydrogens is 398 g/mol. The third-order valence-electron chi connectivity index (χ3n) is 6.19. The molecule has 0 spiro atoms. The molecule has 1 saturated heterocycles. The van der Waals surface area contributed by atoms with E-state index in [1.807, 2.05) is 30.3 Å². The number of hydrogen-bond acceptors (Lipinski definition) is 4. The SMILES string of the molecule is O=C(OCCCc1ccccc1)C1CCN(S(=O)(=O)c2ccc3c(c2)CCC3)CC1. The van der Waals surface area contributed by atoms with Gasteiger partial charge in [-0.2, -0.15) is 4.31 Å². The van der Waals surface area contributed by atoms with Gasteiger partial charge in [-0.1, -0.05) is 36.4 Å². The minimum absolute atomic E-state index is 0.197. The molecule has 0 unspecified atom stereocenters. The van der Waals surface area contributed by atoms with Gasteiger partial charge in [0.05, 0.1) is 17.4 Å². The first kappa shape index (κ1) is 21.1. The molecule has 0 amide bonds. The summed E-state index contributed by atoms with van der Waals surface area (Å²) in [4.78, 5) is 12.8. The highest BCUT2D eigenvalue weighted by atomic mass is 32.2. The van der Waals surface area contributed by atoms with Crippen LogP contribution >= 0.6 is 0 Å². The maximum atomic E-state index is 13.0. The van der Waals surface area contributed by atoms with Gasteiger partial charge in [0.2, 0.25) is 10.0 Å². The van der Waals surface area contributed by atoms with Crippen LogP contribution in [0.25, 0.3) is 0 Å². The van der Waals surface area contributed by atoms with Crippen molar-refractivity contribution in [3.05, 3.63) is 65.2 Å². The topological polar surface area (TPSA) is 63.7 Å². The highest BCUT2D eigenvalue weighted by Crippen LogP contribution is 2.29. The molecule has 2 aliphatic rings. The minimum Gasteiger partial charge on any atom is -0.465 e. The molecule has 1 aliphatic carbocycles. The van der Waals surface area contributed by atoms with Gasteiger partial charge in [-0.25, -0.2) is 8.42 Å². The molecule has 2 aromatic rings. The van der Waals surface area contributed by atoms with Gasteiger partial charge in [0.25, 0.3) is 0 Å². The summed E-state index contributed by atoms with van der Waals surface area (Å²) < 4.78 is 33.0. The van der Waals surface area contributed by atoms with E-state index in [0.717, 1.165) is 37.7 Å². The van der Waals surface area contributed by atoms with Gasteiger partial charge in [0.1, 0.15) is 0 Å². The van der Waals surface area contributed by atoms with Crippen molar-refractivity contribution >= 4 is 16.0 Å². The molecule has 0 saturated carbocycles. The fourth-order valence-corrected chi connectivity index (χ4v) is 5.92. The van der Waals surface area contributed by atoms with Crippen LogP contribution in [-0.4, -0.2) is 38.4 Å². The standard InChI is InChI=1S/C24H29NO4S/c26-24(29-17-5-8-19-6-2-1-3-7-19)21-13-15-25(16-14-21)30(27,28)23-12-11-20-9-4-10-22(20)18-23/h1-3,6-7,11-12,18,21H,4-5,8-10,13-17H2. The average molecular weight is 428 g/mol. The Labute approximate surface area is 179 Å². The number of nitrogens with zero attached hydrogens (tertiary/aromatic N) is 1. The summed E-state index contributed by atoms with van der Waals surface area (Å²) in [6.07, 6.45) is 5.79. The van der Waals surface area contributed by atoms with E-state index in [-0.39, 0.29) is 11.9 Å². The summed E-state index contributed by atoms with van der Waals surface area (Å²) in [7, 11) is -3.50. The monoisotopic (exact) mass is 427 g/mol. The normalized spacial score (nSPS) is 17.6. The lowest BCUT2D eigenvalue weighted by molar-refractivity contribution is -0.149. The summed E-state index contributed by atoms with van der Waals surface area (Å²) in [6, 6.07) is 15.7. The zero-order valence-corrected chi connectivity index (χ0v) is 18.1. The van der Waals surface area contributed by atoms with Gasteiger partial charge in [0.15, 0.2) is 0 Å². The van der Waals surface area contributed by atoms with Crippen molar-refractivity contribution in [3.8, 4) is 0 Å². The summed E-state index contributed by atoms with van der Waals surface area (Å²) in [5.74, 6) is -0.411. The molecule has 2 aromatic carbocycles. The third-order valence-corrected chi connectivity index (χ3v) is 8.09. The summed E-state index contributed by atoms with van der Waals surface area (Å²) in [5, 5.41) is 0. The Hall–Kier alpha value is -2.18. The maximum Gasteiger partial charge on any atom is 0.309 e. The number of benzene rings is 2. The Morgan fingerprint density at radius 1 is 1.00 bits per heavy atom. The van der Waals surface area contributed by atoms with Crippen LogP contribution in [0.4, 0.5) is 0 Å². The van der Waals surface area contributed by atoms with Gasteiger partial charge in [0, 0.05) is 13.1 Å². The first-order chi connectivity index (χ1) is 14.5. The number of sulfonamides is 1. The van der Waals surface area contributed by atoms with E-state index < -0.39 is 10.0 Å². The lowest BCUT2D eigenvalue weighted by Gasteiger charge is -2.30. The van der Waals surface area contributed by atoms with E-state index in [0.29, 0.717) is 37.4 Å². The second-order valence-electron chi connectivity index (χ2n) is 8.22. The largest absolute Gasteiger partial charge is 0.465 e. The second kappa shape index (κ2) is 9.31. The van der Waals surface area contributed by atoms with Crippen molar-refractivity contribution in [1.29, 1.82) is 0 Å². The van der Waals surface area contributed by atoms with Gasteiger partial charge in [-0.15, -0.1) is 0 Å². The van der Waals surface area contributed by atoms with Crippen LogP contribution in [0.2, 0.25) is 0 Å². The highest BCUT2D eigenvalue weighted by Gasteiger charge is 2.33. The molecule has 160 valence electrons. The lowest BCUT2D eigenvalue weighted by Crippen LogP contribution is -2.40. The average Bonchev–Trinajstić information content (AvgIpc) is 3.25. The molecule has 6 heteroatoms. The fourth-order valence-electron chi connectivity index (χ4n) is 4.40. The molecule has 0 bridgehead atoms. The Balaban J connectivity index is 1.25. The van der Waals surface area contributed by atoms with Crippen LogP contribution in [0.15, 0.2) is 53.4 Å². The molecule has 4 rings (SSSR count). The van der Waals surface area contributed by atoms with Crippen LogP contribution in [-0.2, 0) is 38.8 Å². The number of carbonyl (C=O) groups is 1. The van der Waals surface area contributed by atoms with Crippen molar-refractivity contribution in [2.45, 2.75) is 49.8 Å². The van der Waals surface area contributed by atoms with E-state index in [2.05, 4.69) is 12.1 Å². The van der Waals surface area contributed by atoms with Crippen LogP contribution < -0.4 is 0 Å². The molecule has 30 heavy (non-hydrogen) atoms. The number of piperidine rings is 1. The lowest BCUT2D eigenvalue weighted by atomic mass is 9.98. The van der Waals surface area contributed by atoms with E-state index in [1.54, 1.807) is 6.07 Å². The number of hydrogen-bond donors (Lipinski definition) is 0. The molecule has 1 aliphatic heterocycles. The number of esters is 1. The van der Waals surface area contributed by atoms with Crippen LogP contribution in [0.1, 0.15) is 42.4 Å². The Bertz CT molecular complexity index is 980. The second-order valence-corrected chi connectivity index (χ2v) is 10.2. The molecule has 0 N–H and O–H groups in total. The Kier molecular flexibility index (Phi) is 6.54. The Morgan fingerprint density at radius 3 is 2.50 bits per heavy atom. The first-order valence-electron chi connectivity index (χ1n) is 10.9. The van der Waals surface area contributed by atoms with Crippen LogP contribution in [0.3, 0.4) is 0 Å². The molecule has 0 aromatic heterocycles. The highest BCUT2D eigenvalue weighted by molar-refractivity contribution is 7.89. The Morgan fingerprint density at radius 2 is 1.73 bits per heavy atom. The first-order valence-corrected chi connectivity index (χ1v) is 12.3. The molecule has 1 fully saturated rings. The molecule has 0 radical (unpaired) electrons. The van der Waals surface area contributed by atoms with Crippen LogP contribution in [0, 0.1) is 5.92 Å². The van der Waals surface area contributed by atoms with Gasteiger partial charge >= 0.3 is 5.97 Å². The van der Waals surface area contributed by atoms with Crippen molar-refractivity contribution in [2.24, 2.45) is 5.92 Å². The van der Waals surface area contributed by atoms with E-state index in [4.69, 9.17) is 4.74 Å². The number of carbonyl (C=O) groups excluding carboxylic acids is 1. The fraction of sp³-hybridized carbons (Fsp3) is 0.458. The van der Waals surface area contributed by atoms with Crippen molar-refractivity contribution < 1.29 is 17.9 Å². The third kappa shape index (κ3) is 4.76. The number of aryl methyl sites for hydroxylation is 3. The molecule has 5 nitrogen and oxygen atoms in total. The zero-order valence-electron chi connectivity index (χ0n) is 17.3. The number of ether oxygens (including phenoxy) is 1. The van der Waals surface area contributed by atoms with Crippen molar-refractivity contribution in [2.75, 3.05) is 19.7 Å². The predicted molar refractivity (Wildman–Crippen MR) is 116 cm³/mol. The predicted octanol–water partition coefficient (Wildman–Crippen LogP) is 3.75. The van der Waals surface area contributed by atoms with E-state index >= 15 is 0 Å². The quantitative estimate of drug-likeness (QED) is 0.499.